The predicted octanol–water partition coefficient (Wildman–Crippen LogP) is 6.76. The molecule has 168 valence electrons. The van der Waals surface area contributed by atoms with E-state index in [0.717, 1.165) is 13.0 Å². The smallest absolute Gasteiger partial charge is 0.112 e. The Morgan fingerprint density at radius 3 is 1.36 bits per heavy atom. The Morgan fingerprint density at radius 2 is 0.879 bits per heavy atom. The lowest BCUT2D eigenvalue weighted by atomic mass is 10.2. The van der Waals surface area contributed by atoms with E-state index >= 15 is 0 Å². The largest absolute Gasteiger partial charge is 0.377 e. The number of unbranched alkanes of at least 4 members (excludes halogenated alkanes) is 3. The van der Waals surface area contributed by atoms with Gasteiger partial charge in [0.25, 0.3) is 0 Å². The molecule has 0 saturated heterocycles. The van der Waals surface area contributed by atoms with Gasteiger partial charge >= 0.3 is 0 Å². The zero-order valence-corrected chi connectivity index (χ0v) is 20.2. The number of ether oxygens (including phenoxy) is 1. The fourth-order valence-corrected chi connectivity index (χ4v) is 8.96. The molecule has 0 fully saturated rings. The van der Waals surface area contributed by atoms with E-state index in [2.05, 4.69) is 115 Å². The van der Waals surface area contributed by atoms with Crippen LogP contribution >= 0.6 is 7.26 Å². The van der Waals surface area contributed by atoms with Gasteiger partial charge in [0.2, 0.25) is 0 Å². The molecule has 0 heterocycles. The minimum absolute atomic E-state index is 0.714. The van der Waals surface area contributed by atoms with Crippen molar-refractivity contribution in [2.45, 2.75) is 32.3 Å². The van der Waals surface area contributed by atoms with Crippen molar-refractivity contribution in [2.75, 3.05) is 12.8 Å². The maximum atomic E-state index is 5.88. The molecule has 0 amide bonds. The molecule has 4 aromatic rings. The third-order valence-corrected chi connectivity index (χ3v) is 10.8. The van der Waals surface area contributed by atoms with Crippen molar-refractivity contribution in [3.63, 3.8) is 0 Å². The van der Waals surface area contributed by atoms with Crippen LogP contribution in [0.1, 0.15) is 31.2 Å². The lowest BCUT2D eigenvalue weighted by Crippen LogP contribution is -2.33. The fraction of sp³-hybridized carbons (Fsp3) is 0.226. The van der Waals surface area contributed by atoms with Crippen LogP contribution in [0.4, 0.5) is 0 Å². The summed E-state index contributed by atoms with van der Waals surface area (Å²) in [4.78, 5) is 0. The summed E-state index contributed by atoms with van der Waals surface area (Å²) in [6.45, 7) is 1.55. The van der Waals surface area contributed by atoms with Crippen LogP contribution in [0.15, 0.2) is 121 Å². The molecular formula is C31H34OP+. The quantitative estimate of drug-likeness (QED) is 0.170. The zero-order valence-electron chi connectivity index (χ0n) is 19.4. The van der Waals surface area contributed by atoms with Crippen molar-refractivity contribution in [2.24, 2.45) is 0 Å². The molecule has 2 heteroatoms. The maximum Gasteiger partial charge on any atom is 0.112 e. The summed E-state index contributed by atoms with van der Waals surface area (Å²) in [5, 5.41) is 4.44. The van der Waals surface area contributed by atoms with Gasteiger partial charge in [-0.2, -0.15) is 0 Å². The first-order chi connectivity index (χ1) is 16.4. The fourth-order valence-electron chi connectivity index (χ4n) is 4.55. The highest BCUT2D eigenvalue weighted by Gasteiger charge is 2.44. The molecule has 0 bridgehead atoms. The lowest BCUT2D eigenvalue weighted by Gasteiger charge is -2.27. The summed E-state index contributed by atoms with van der Waals surface area (Å²) in [7, 11) is -1.69. The van der Waals surface area contributed by atoms with E-state index in [1.807, 2.05) is 6.07 Å². The second-order valence-electron chi connectivity index (χ2n) is 8.49. The monoisotopic (exact) mass is 453 g/mol. The van der Waals surface area contributed by atoms with Gasteiger partial charge in [-0.25, -0.2) is 0 Å². The summed E-state index contributed by atoms with van der Waals surface area (Å²) < 4.78 is 5.88. The number of hydrogen-bond acceptors (Lipinski definition) is 1. The lowest BCUT2D eigenvalue weighted by molar-refractivity contribution is 0.117. The van der Waals surface area contributed by atoms with E-state index in [9.17, 15) is 0 Å². The molecule has 0 aliphatic rings. The highest BCUT2D eigenvalue weighted by molar-refractivity contribution is 7.95. The van der Waals surface area contributed by atoms with E-state index in [-0.39, 0.29) is 0 Å². The zero-order chi connectivity index (χ0) is 22.6. The van der Waals surface area contributed by atoms with E-state index in [1.165, 1.54) is 46.9 Å². The van der Waals surface area contributed by atoms with Gasteiger partial charge in [-0.1, -0.05) is 91.3 Å². The van der Waals surface area contributed by atoms with Gasteiger partial charge in [-0.15, -0.1) is 0 Å². The first-order valence-electron chi connectivity index (χ1n) is 12.1. The minimum atomic E-state index is -1.69. The van der Waals surface area contributed by atoms with E-state index in [4.69, 9.17) is 4.74 Å². The molecule has 0 aliphatic heterocycles. The van der Waals surface area contributed by atoms with Crippen LogP contribution in [0.5, 0.6) is 0 Å². The molecule has 33 heavy (non-hydrogen) atoms. The Morgan fingerprint density at radius 1 is 0.455 bits per heavy atom. The van der Waals surface area contributed by atoms with Gasteiger partial charge in [0.05, 0.1) is 12.8 Å². The minimum Gasteiger partial charge on any atom is -0.377 e. The molecule has 4 aromatic carbocycles. The predicted molar refractivity (Wildman–Crippen MR) is 145 cm³/mol. The number of benzene rings is 4. The molecule has 0 N–H and O–H groups in total. The van der Waals surface area contributed by atoms with Gasteiger partial charge in [0.1, 0.15) is 23.2 Å². The standard InChI is InChI=1S/C31H34OP/c1(15-25-32-27-28-17-7-3-8-18-28)2-16-26-33(29-19-9-4-10-20-29,30-21-11-5-12-22-30)31-23-13-6-14-24-31/h3-14,17-24H,1-2,15-16,25-27H2/q+1. The molecule has 0 unspecified atom stereocenters. The van der Waals surface area contributed by atoms with Crippen LogP contribution in [-0.4, -0.2) is 12.8 Å². The second-order valence-corrected chi connectivity index (χ2v) is 12.1. The van der Waals surface area contributed by atoms with Gasteiger partial charge < -0.3 is 4.74 Å². The van der Waals surface area contributed by atoms with Crippen LogP contribution < -0.4 is 15.9 Å². The Hall–Kier alpha value is -2.73. The molecule has 0 spiro atoms. The normalized spacial score (nSPS) is 11.4. The average Bonchev–Trinajstić information content (AvgIpc) is 2.90. The Balaban J connectivity index is 1.41. The van der Waals surface area contributed by atoms with Crippen LogP contribution in [-0.2, 0) is 11.3 Å². The van der Waals surface area contributed by atoms with Gasteiger partial charge in [-0.3, -0.25) is 0 Å². The van der Waals surface area contributed by atoms with E-state index in [1.54, 1.807) is 0 Å². The first-order valence-corrected chi connectivity index (χ1v) is 14.0. The second kappa shape index (κ2) is 12.5. The summed E-state index contributed by atoms with van der Waals surface area (Å²) in [5.41, 5.74) is 1.25. The molecular weight excluding hydrogens is 419 g/mol. The number of rotatable bonds is 12. The molecule has 0 aromatic heterocycles. The number of hydrogen-bond donors (Lipinski definition) is 0. The topological polar surface area (TPSA) is 9.23 Å². The van der Waals surface area contributed by atoms with Crippen LogP contribution in [0.25, 0.3) is 0 Å². The highest BCUT2D eigenvalue weighted by atomic mass is 31.2. The third-order valence-electron chi connectivity index (χ3n) is 6.23. The van der Waals surface area contributed by atoms with Crippen LogP contribution in [0, 0.1) is 0 Å². The summed E-state index contributed by atoms with van der Waals surface area (Å²) >= 11 is 0. The van der Waals surface area contributed by atoms with Crippen molar-refractivity contribution in [1.29, 1.82) is 0 Å². The van der Waals surface area contributed by atoms with E-state index in [0.29, 0.717) is 6.61 Å². The Kier molecular flexibility index (Phi) is 8.87. The van der Waals surface area contributed by atoms with Crippen molar-refractivity contribution in [1.82, 2.24) is 0 Å². The molecule has 0 radical (unpaired) electrons. The van der Waals surface area contributed by atoms with Gasteiger partial charge in [0, 0.05) is 6.61 Å². The average molecular weight is 454 g/mol. The molecule has 1 nitrogen and oxygen atoms in total. The van der Waals surface area contributed by atoms with Crippen molar-refractivity contribution in [3.8, 4) is 0 Å². The first kappa shape index (κ1) is 23.4. The third kappa shape index (κ3) is 6.20. The molecule has 0 saturated carbocycles. The summed E-state index contributed by atoms with van der Waals surface area (Å²) in [6.07, 6.45) is 6.01. The molecule has 0 atom stereocenters. The molecule has 0 aliphatic carbocycles. The van der Waals surface area contributed by atoms with E-state index < -0.39 is 7.26 Å². The summed E-state index contributed by atoms with van der Waals surface area (Å²) in [6, 6.07) is 44.0. The summed E-state index contributed by atoms with van der Waals surface area (Å²) in [5.74, 6) is 0. The Labute approximate surface area is 199 Å². The molecule has 4 rings (SSSR count). The van der Waals surface area contributed by atoms with Crippen molar-refractivity contribution in [3.05, 3.63) is 127 Å². The van der Waals surface area contributed by atoms with Crippen LogP contribution in [0.2, 0.25) is 0 Å². The SMILES string of the molecule is c1ccc(COCCCCCC[P+](c2ccccc2)(c2ccccc2)c2ccccc2)cc1. The van der Waals surface area contributed by atoms with Crippen LogP contribution in [0.3, 0.4) is 0 Å². The maximum absolute atomic E-state index is 5.88. The van der Waals surface area contributed by atoms with Crippen molar-refractivity contribution < 1.29 is 4.74 Å². The highest BCUT2D eigenvalue weighted by Crippen LogP contribution is 2.55. The van der Waals surface area contributed by atoms with Crippen molar-refractivity contribution >= 4 is 23.2 Å². The van der Waals surface area contributed by atoms with Gasteiger partial charge in [0.15, 0.2) is 0 Å². The van der Waals surface area contributed by atoms with Gasteiger partial charge in [-0.05, 0) is 61.2 Å². The Bertz CT molecular complexity index is 952.